The maximum Gasteiger partial charge on any atom is 0.344 e. The van der Waals surface area contributed by atoms with Crippen LogP contribution in [-0.4, -0.2) is 29.5 Å². The van der Waals surface area contributed by atoms with Gasteiger partial charge >= 0.3 is 6.03 Å². The van der Waals surface area contributed by atoms with Crippen LogP contribution in [0.1, 0.15) is 18.1 Å². The van der Waals surface area contributed by atoms with Crippen LogP contribution in [0, 0.1) is 6.92 Å². The van der Waals surface area contributed by atoms with E-state index in [4.69, 9.17) is 16.3 Å². The Morgan fingerprint density at radius 1 is 1.22 bits per heavy atom. The monoisotopic (exact) mass is 387 g/mol. The molecular formula is C19H18ClN3O4. The van der Waals surface area contributed by atoms with E-state index in [1.54, 1.807) is 56.3 Å². The first-order chi connectivity index (χ1) is 12.8. The predicted molar refractivity (Wildman–Crippen MR) is 99.0 cm³/mol. The van der Waals surface area contributed by atoms with Gasteiger partial charge in [-0.15, -0.1) is 0 Å². The fraction of sp³-hybridized carbons (Fsp3) is 0.211. The molecule has 1 heterocycles. The second kappa shape index (κ2) is 7.28. The number of rotatable bonds is 5. The lowest BCUT2D eigenvalue weighted by Crippen LogP contribution is -2.49. The van der Waals surface area contributed by atoms with Crippen LogP contribution in [0.5, 0.6) is 5.75 Å². The lowest BCUT2D eigenvalue weighted by atomic mass is 9.92. The van der Waals surface area contributed by atoms with Gasteiger partial charge < -0.3 is 10.1 Å². The standard InChI is InChI=1S/C19H18ClN3O4/c1-12-10-14(20)8-9-15(12)27-11-16(24)22-23-17(25)19(2,21-18(23)26)13-6-4-3-5-7-13/h3-10H,11H2,1-2H3,(H,21,26)(H,22,24)/t19-/m0/s1. The lowest BCUT2D eigenvalue weighted by Gasteiger charge is -2.22. The molecular weight excluding hydrogens is 370 g/mol. The van der Waals surface area contributed by atoms with Gasteiger partial charge in [0.15, 0.2) is 6.61 Å². The summed E-state index contributed by atoms with van der Waals surface area (Å²) in [5, 5.41) is 3.84. The number of hydrazine groups is 1. The molecule has 140 valence electrons. The molecule has 3 rings (SSSR count). The Hall–Kier alpha value is -3.06. The molecule has 1 fully saturated rings. The molecule has 2 aromatic carbocycles. The Morgan fingerprint density at radius 3 is 2.59 bits per heavy atom. The maximum atomic E-state index is 12.7. The maximum absolute atomic E-state index is 12.7. The average molecular weight is 388 g/mol. The molecule has 0 unspecified atom stereocenters. The molecule has 8 heteroatoms. The van der Waals surface area contributed by atoms with E-state index in [2.05, 4.69) is 10.7 Å². The molecule has 2 aromatic rings. The van der Waals surface area contributed by atoms with E-state index in [1.807, 2.05) is 6.07 Å². The molecule has 0 saturated carbocycles. The van der Waals surface area contributed by atoms with Crippen molar-refractivity contribution in [3.05, 3.63) is 64.7 Å². The highest BCUT2D eigenvalue weighted by Crippen LogP contribution is 2.27. The van der Waals surface area contributed by atoms with Gasteiger partial charge in [0.1, 0.15) is 11.3 Å². The number of hydrogen-bond donors (Lipinski definition) is 2. The second-order valence-corrected chi connectivity index (χ2v) is 6.73. The van der Waals surface area contributed by atoms with E-state index in [-0.39, 0.29) is 6.61 Å². The normalized spacial score (nSPS) is 19.0. The number of ether oxygens (including phenoxy) is 1. The molecule has 1 aliphatic rings. The van der Waals surface area contributed by atoms with Crippen molar-refractivity contribution in [2.45, 2.75) is 19.4 Å². The summed E-state index contributed by atoms with van der Waals surface area (Å²) in [5.41, 5.74) is 2.42. The largest absolute Gasteiger partial charge is 0.483 e. The zero-order valence-electron chi connectivity index (χ0n) is 14.8. The van der Waals surface area contributed by atoms with Crippen LogP contribution in [0.2, 0.25) is 5.02 Å². The minimum Gasteiger partial charge on any atom is -0.483 e. The van der Waals surface area contributed by atoms with Crippen molar-refractivity contribution in [1.29, 1.82) is 0 Å². The van der Waals surface area contributed by atoms with Crippen molar-refractivity contribution in [3.63, 3.8) is 0 Å². The number of carbonyl (C=O) groups excluding carboxylic acids is 3. The molecule has 0 spiro atoms. The van der Waals surface area contributed by atoms with Gasteiger partial charge in [-0.05, 0) is 43.2 Å². The highest BCUT2D eigenvalue weighted by Gasteiger charge is 2.49. The highest BCUT2D eigenvalue weighted by atomic mass is 35.5. The number of carbonyl (C=O) groups is 3. The van der Waals surface area contributed by atoms with Gasteiger partial charge in [-0.25, -0.2) is 4.79 Å². The summed E-state index contributed by atoms with van der Waals surface area (Å²) in [4.78, 5) is 37.1. The van der Waals surface area contributed by atoms with Gasteiger partial charge in [0.25, 0.3) is 11.8 Å². The number of amides is 4. The van der Waals surface area contributed by atoms with Crippen LogP contribution in [0.25, 0.3) is 0 Å². The van der Waals surface area contributed by atoms with Crippen LogP contribution >= 0.6 is 11.6 Å². The molecule has 0 aliphatic carbocycles. The first-order valence-corrected chi connectivity index (χ1v) is 8.60. The third-order valence-electron chi connectivity index (χ3n) is 4.27. The highest BCUT2D eigenvalue weighted by molar-refractivity contribution is 6.30. The SMILES string of the molecule is Cc1cc(Cl)ccc1OCC(=O)NN1C(=O)N[C@@](C)(c2ccccc2)C1=O. The number of urea groups is 1. The lowest BCUT2D eigenvalue weighted by molar-refractivity contribution is -0.139. The van der Waals surface area contributed by atoms with Crippen molar-refractivity contribution in [2.24, 2.45) is 0 Å². The van der Waals surface area contributed by atoms with E-state index in [0.717, 1.165) is 5.56 Å². The van der Waals surface area contributed by atoms with Gasteiger partial charge in [0, 0.05) is 5.02 Å². The van der Waals surface area contributed by atoms with E-state index in [1.165, 1.54) is 0 Å². The molecule has 1 aliphatic heterocycles. The number of nitrogens with one attached hydrogen (secondary N) is 2. The van der Waals surface area contributed by atoms with Gasteiger partial charge in [-0.2, -0.15) is 5.01 Å². The third-order valence-corrected chi connectivity index (χ3v) is 4.51. The van der Waals surface area contributed by atoms with E-state index >= 15 is 0 Å². The number of halogens is 1. The molecule has 2 N–H and O–H groups in total. The molecule has 1 atom stereocenters. The van der Waals surface area contributed by atoms with Crippen molar-refractivity contribution in [1.82, 2.24) is 15.8 Å². The Kier molecular flexibility index (Phi) is 5.05. The molecule has 7 nitrogen and oxygen atoms in total. The van der Waals surface area contributed by atoms with E-state index in [9.17, 15) is 14.4 Å². The quantitative estimate of drug-likeness (QED) is 0.772. The molecule has 0 aromatic heterocycles. The molecule has 0 radical (unpaired) electrons. The second-order valence-electron chi connectivity index (χ2n) is 6.30. The topological polar surface area (TPSA) is 87.7 Å². The fourth-order valence-electron chi connectivity index (χ4n) is 2.78. The van der Waals surface area contributed by atoms with Crippen LogP contribution in [-0.2, 0) is 15.1 Å². The summed E-state index contributed by atoms with van der Waals surface area (Å²) in [6.07, 6.45) is 0. The Bertz CT molecular complexity index is 903. The summed E-state index contributed by atoms with van der Waals surface area (Å²) < 4.78 is 5.43. The van der Waals surface area contributed by atoms with Crippen molar-refractivity contribution < 1.29 is 19.1 Å². The molecule has 1 saturated heterocycles. The van der Waals surface area contributed by atoms with Crippen LogP contribution in [0.15, 0.2) is 48.5 Å². The van der Waals surface area contributed by atoms with Gasteiger partial charge in [0.05, 0.1) is 0 Å². The summed E-state index contributed by atoms with van der Waals surface area (Å²) >= 11 is 5.88. The summed E-state index contributed by atoms with van der Waals surface area (Å²) in [5.74, 6) is -0.722. The summed E-state index contributed by atoms with van der Waals surface area (Å²) in [6.45, 7) is 3.02. The van der Waals surface area contributed by atoms with E-state index < -0.39 is 23.4 Å². The zero-order chi connectivity index (χ0) is 19.6. The summed E-state index contributed by atoms with van der Waals surface area (Å²) in [6, 6.07) is 13.1. The van der Waals surface area contributed by atoms with Gasteiger partial charge in [0.2, 0.25) is 0 Å². The van der Waals surface area contributed by atoms with Crippen LogP contribution < -0.4 is 15.5 Å². The smallest absolute Gasteiger partial charge is 0.344 e. The molecule has 27 heavy (non-hydrogen) atoms. The first-order valence-electron chi connectivity index (χ1n) is 8.22. The van der Waals surface area contributed by atoms with Crippen molar-refractivity contribution in [2.75, 3.05) is 6.61 Å². The number of imide groups is 1. The Labute approximate surface area is 161 Å². The number of aryl methyl sites for hydroxylation is 1. The van der Waals surface area contributed by atoms with E-state index in [0.29, 0.717) is 21.3 Å². The van der Waals surface area contributed by atoms with Crippen molar-refractivity contribution >= 4 is 29.4 Å². The zero-order valence-corrected chi connectivity index (χ0v) is 15.5. The van der Waals surface area contributed by atoms with Gasteiger partial charge in [-0.3, -0.25) is 15.0 Å². The first kappa shape index (κ1) is 18.7. The predicted octanol–water partition coefficient (Wildman–Crippen LogP) is 2.53. The molecule has 4 amide bonds. The van der Waals surface area contributed by atoms with Crippen LogP contribution in [0.4, 0.5) is 4.79 Å². The minimum absolute atomic E-state index is 0.360. The van der Waals surface area contributed by atoms with Crippen molar-refractivity contribution in [3.8, 4) is 5.75 Å². The minimum atomic E-state index is -1.25. The fourth-order valence-corrected chi connectivity index (χ4v) is 3.01. The number of benzene rings is 2. The Morgan fingerprint density at radius 2 is 1.93 bits per heavy atom. The summed E-state index contributed by atoms with van der Waals surface area (Å²) in [7, 11) is 0. The average Bonchev–Trinajstić information content (AvgIpc) is 2.86. The number of nitrogens with zero attached hydrogens (tertiary/aromatic N) is 1. The molecule has 0 bridgehead atoms. The third kappa shape index (κ3) is 3.73. The van der Waals surface area contributed by atoms with Gasteiger partial charge in [-0.1, -0.05) is 41.9 Å². The number of hydrogen-bond acceptors (Lipinski definition) is 4. The Balaban J connectivity index is 1.66. The van der Waals surface area contributed by atoms with Crippen LogP contribution in [0.3, 0.4) is 0 Å².